The van der Waals surface area contributed by atoms with Gasteiger partial charge in [-0.3, -0.25) is 4.79 Å². The quantitative estimate of drug-likeness (QED) is 0.247. The second-order valence-corrected chi connectivity index (χ2v) is 13.4. The van der Waals surface area contributed by atoms with Crippen LogP contribution in [0.5, 0.6) is 0 Å². The van der Waals surface area contributed by atoms with Gasteiger partial charge in [0.2, 0.25) is 0 Å². The first-order chi connectivity index (χ1) is 7.95. The lowest BCUT2D eigenvalue weighted by Crippen LogP contribution is -2.08. The Kier molecular flexibility index (Phi) is 10.8. The van der Waals surface area contributed by atoms with E-state index in [1.165, 1.54) is 0 Å². The van der Waals surface area contributed by atoms with Gasteiger partial charge in [0.05, 0.1) is 6.61 Å². The number of hydrogen-bond donors (Lipinski definition) is 0. The standard InChI is InChI=1S/C11H21Cl3O2Si/c1-2-3-6-9-16-11(15)8-5-4-7-10-17(12,13)14/h2-10H2,1H3. The molecular weight excluding hydrogens is 299 g/mol. The number of ether oxygens (including phenoxy) is 1. The predicted molar refractivity (Wildman–Crippen MR) is 77.1 cm³/mol. The van der Waals surface area contributed by atoms with Crippen LogP contribution in [0.25, 0.3) is 0 Å². The topological polar surface area (TPSA) is 26.3 Å². The van der Waals surface area contributed by atoms with Crippen LogP contribution in [-0.4, -0.2) is 18.6 Å². The molecule has 0 rings (SSSR count). The minimum Gasteiger partial charge on any atom is -0.466 e. The molecule has 0 fully saturated rings. The minimum absolute atomic E-state index is 0.104. The van der Waals surface area contributed by atoms with Crippen molar-refractivity contribution in [2.24, 2.45) is 0 Å². The zero-order chi connectivity index (χ0) is 13.1. The molecule has 2 nitrogen and oxygen atoms in total. The summed E-state index contributed by atoms with van der Waals surface area (Å²) in [6.45, 7) is 2.67. The summed E-state index contributed by atoms with van der Waals surface area (Å²) in [7, 11) is 0. The molecule has 0 bridgehead atoms. The molecule has 0 aliphatic carbocycles. The third-order valence-electron chi connectivity index (χ3n) is 2.35. The summed E-state index contributed by atoms with van der Waals surface area (Å²) < 4.78 is 5.08. The largest absolute Gasteiger partial charge is 0.466 e. The third-order valence-corrected chi connectivity index (χ3v) is 4.97. The predicted octanol–water partition coefficient (Wildman–Crippen LogP) is 4.94. The van der Waals surface area contributed by atoms with Crippen molar-refractivity contribution in [3.8, 4) is 0 Å². The number of halogens is 3. The summed E-state index contributed by atoms with van der Waals surface area (Å²) in [5, 5.41) is 0. The highest BCUT2D eigenvalue weighted by Crippen LogP contribution is 2.27. The van der Waals surface area contributed by atoms with Crippen molar-refractivity contribution in [1.82, 2.24) is 0 Å². The molecule has 0 atom stereocenters. The molecule has 0 unspecified atom stereocenters. The number of carbonyl (C=O) groups excluding carboxylic acids is 1. The van der Waals surface area contributed by atoms with Gasteiger partial charge in [0.25, 0.3) is 0 Å². The van der Waals surface area contributed by atoms with E-state index in [1.807, 2.05) is 0 Å². The third kappa shape index (κ3) is 14.5. The Morgan fingerprint density at radius 3 is 2.35 bits per heavy atom. The first kappa shape index (κ1) is 17.6. The highest BCUT2D eigenvalue weighted by molar-refractivity contribution is 7.64. The smallest absolute Gasteiger partial charge is 0.341 e. The van der Waals surface area contributed by atoms with Crippen molar-refractivity contribution in [3.05, 3.63) is 0 Å². The molecule has 0 amide bonds. The lowest BCUT2D eigenvalue weighted by atomic mass is 10.2. The van der Waals surface area contributed by atoms with E-state index in [0.717, 1.165) is 38.5 Å². The van der Waals surface area contributed by atoms with E-state index in [1.54, 1.807) is 0 Å². The van der Waals surface area contributed by atoms with Crippen molar-refractivity contribution in [2.75, 3.05) is 6.61 Å². The van der Waals surface area contributed by atoms with Gasteiger partial charge < -0.3 is 4.74 Å². The first-order valence-corrected chi connectivity index (χ1v) is 11.4. The highest BCUT2D eigenvalue weighted by atomic mass is 35.8. The number of hydrogen-bond acceptors (Lipinski definition) is 2. The zero-order valence-corrected chi connectivity index (χ0v) is 13.6. The Bertz CT molecular complexity index is 207. The van der Waals surface area contributed by atoms with Gasteiger partial charge in [0.1, 0.15) is 0 Å². The van der Waals surface area contributed by atoms with Crippen molar-refractivity contribution in [1.29, 1.82) is 0 Å². The second-order valence-electron chi connectivity index (χ2n) is 4.10. The van der Waals surface area contributed by atoms with Crippen LogP contribution in [0.1, 0.15) is 51.9 Å². The molecule has 0 saturated heterocycles. The van der Waals surface area contributed by atoms with E-state index < -0.39 is 6.00 Å². The summed E-state index contributed by atoms with van der Waals surface area (Å²) in [6.07, 6.45) is 6.31. The van der Waals surface area contributed by atoms with E-state index >= 15 is 0 Å². The van der Waals surface area contributed by atoms with Gasteiger partial charge in [-0.2, -0.15) is 0 Å². The fraction of sp³-hybridized carbons (Fsp3) is 0.909. The molecule has 0 aromatic carbocycles. The van der Waals surface area contributed by atoms with Gasteiger partial charge >= 0.3 is 12.0 Å². The number of carbonyl (C=O) groups is 1. The van der Waals surface area contributed by atoms with Gasteiger partial charge in [0.15, 0.2) is 0 Å². The molecule has 0 aliphatic heterocycles. The zero-order valence-electron chi connectivity index (χ0n) is 10.3. The van der Waals surface area contributed by atoms with Gasteiger partial charge in [-0.15, -0.1) is 33.2 Å². The van der Waals surface area contributed by atoms with E-state index in [4.69, 9.17) is 38.0 Å². The van der Waals surface area contributed by atoms with Crippen LogP contribution in [-0.2, 0) is 9.53 Å². The number of esters is 1. The fourth-order valence-electron chi connectivity index (χ4n) is 1.38. The molecule has 0 aromatic rings. The maximum atomic E-state index is 11.3. The molecule has 0 N–H and O–H groups in total. The lowest BCUT2D eigenvalue weighted by molar-refractivity contribution is -0.143. The van der Waals surface area contributed by atoms with E-state index in [0.29, 0.717) is 19.1 Å². The summed E-state index contributed by atoms with van der Waals surface area (Å²) in [5.41, 5.74) is 0. The maximum Gasteiger partial charge on any atom is 0.341 e. The Balaban J connectivity index is 3.28. The molecule has 0 aromatic heterocycles. The summed E-state index contributed by atoms with van der Waals surface area (Å²) in [6, 6.07) is -1.79. The van der Waals surface area contributed by atoms with Crippen LogP contribution in [0.4, 0.5) is 0 Å². The Labute approximate surface area is 119 Å². The molecule has 17 heavy (non-hydrogen) atoms. The maximum absolute atomic E-state index is 11.3. The Morgan fingerprint density at radius 1 is 1.06 bits per heavy atom. The molecular formula is C11H21Cl3O2Si. The van der Waals surface area contributed by atoms with Crippen LogP contribution in [0, 0.1) is 0 Å². The first-order valence-electron chi connectivity index (χ1n) is 6.18. The van der Waals surface area contributed by atoms with Gasteiger partial charge in [-0.05, 0) is 18.9 Å². The van der Waals surface area contributed by atoms with E-state index in [9.17, 15) is 4.79 Å². The van der Waals surface area contributed by atoms with Crippen LogP contribution in [0.2, 0.25) is 6.04 Å². The summed E-state index contributed by atoms with van der Waals surface area (Å²) in [5.74, 6) is -0.104. The minimum atomic E-state index is -2.46. The van der Waals surface area contributed by atoms with Crippen molar-refractivity contribution in [3.63, 3.8) is 0 Å². The molecule has 0 heterocycles. The van der Waals surface area contributed by atoms with Gasteiger partial charge in [-0.25, -0.2) is 0 Å². The Morgan fingerprint density at radius 2 is 1.76 bits per heavy atom. The molecule has 0 spiro atoms. The van der Waals surface area contributed by atoms with Crippen LogP contribution < -0.4 is 0 Å². The molecule has 0 saturated carbocycles. The van der Waals surface area contributed by atoms with Crippen LogP contribution in [0.15, 0.2) is 0 Å². The summed E-state index contributed by atoms with van der Waals surface area (Å²) >= 11 is 17.3. The van der Waals surface area contributed by atoms with Crippen molar-refractivity contribution < 1.29 is 9.53 Å². The average Bonchev–Trinajstić information content (AvgIpc) is 2.22. The number of rotatable bonds is 10. The van der Waals surface area contributed by atoms with Gasteiger partial charge in [-0.1, -0.05) is 32.6 Å². The van der Waals surface area contributed by atoms with Crippen LogP contribution >= 0.6 is 33.2 Å². The SMILES string of the molecule is CCCCCOC(=O)CCCCC[Si](Cl)(Cl)Cl. The molecule has 0 radical (unpaired) electrons. The Hall–Kier alpha value is 0.557. The van der Waals surface area contributed by atoms with Crippen molar-refractivity contribution >= 4 is 45.2 Å². The fourth-order valence-corrected chi connectivity index (χ4v) is 3.24. The monoisotopic (exact) mass is 318 g/mol. The molecule has 6 heteroatoms. The summed E-state index contributed by atoms with van der Waals surface area (Å²) in [4.78, 5) is 11.3. The van der Waals surface area contributed by atoms with Crippen molar-refractivity contribution in [2.45, 2.75) is 57.9 Å². The molecule has 0 aliphatic rings. The number of unbranched alkanes of at least 4 members (excludes halogenated alkanes) is 4. The second kappa shape index (κ2) is 10.5. The molecule has 102 valence electrons. The van der Waals surface area contributed by atoms with E-state index in [2.05, 4.69) is 6.92 Å². The highest BCUT2D eigenvalue weighted by Gasteiger charge is 2.23. The average molecular weight is 320 g/mol. The van der Waals surface area contributed by atoms with Gasteiger partial charge in [0, 0.05) is 6.42 Å². The van der Waals surface area contributed by atoms with Crippen LogP contribution in [0.3, 0.4) is 0 Å². The lowest BCUT2D eigenvalue weighted by Gasteiger charge is -2.07. The normalized spacial score (nSPS) is 11.5. The van der Waals surface area contributed by atoms with E-state index in [-0.39, 0.29) is 5.97 Å².